The zero-order valence-corrected chi connectivity index (χ0v) is 15.1. The lowest BCUT2D eigenvalue weighted by molar-refractivity contribution is -0.217. The van der Waals surface area contributed by atoms with E-state index in [2.05, 4.69) is 11.7 Å². The molecule has 4 saturated carbocycles. The standard InChI is InChI=1S/C19H28F2O4/c1-3-4-5-19(25-16(22)11-24-17(23)18(2,20)21)14-7-12-6-13(9-14)10-15(19)8-12/h12-15H,3-11H2,1-2H3. The van der Waals surface area contributed by atoms with Crippen LogP contribution in [0, 0.1) is 23.7 Å². The molecule has 4 rings (SSSR count). The Morgan fingerprint density at radius 2 is 1.64 bits per heavy atom. The van der Waals surface area contributed by atoms with Gasteiger partial charge in [0.25, 0.3) is 0 Å². The van der Waals surface area contributed by atoms with Gasteiger partial charge in [0.2, 0.25) is 0 Å². The topological polar surface area (TPSA) is 52.6 Å². The minimum Gasteiger partial charge on any atom is -0.456 e. The summed E-state index contributed by atoms with van der Waals surface area (Å²) in [6.45, 7) is 1.83. The van der Waals surface area contributed by atoms with Crippen LogP contribution in [0.15, 0.2) is 0 Å². The van der Waals surface area contributed by atoms with Crippen molar-refractivity contribution in [3.8, 4) is 0 Å². The number of carbonyl (C=O) groups excluding carboxylic acids is 2. The van der Waals surface area contributed by atoms with Gasteiger partial charge in [-0.3, -0.25) is 0 Å². The van der Waals surface area contributed by atoms with Crippen molar-refractivity contribution >= 4 is 11.9 Å². The number of hydrogen-bond donors (Lipinski definition) is 0. The van der Waals surface area contributed by atoms with Gasteiger partial charge < -0.3 is 9.47 Å². The molecule has 0 atom stereocenters. The summed E-state index contributed by atoms with van der Waals surface area (Å²) >= 11 is 0. The first kappa shape index (κ1) is 18.6. The summed E-state index contributed by atoms with van der Waals surface area (Å²) in [5.41, 5.74) is -0.484. The van der Waals surface area contributed by atoms with Crippen molar-refractivity contribution in [1.29, 1.82) is 0 Å². The van der Waals surface area contributed by atoms with Gasteiger partial charge in [-0.15, -0.1) is 0 Å². The van der Waals surface area contributed by atoms with E-state index >= 15 is 0 Å². The third-order valence-corrected chi connectivity index (χ3v) is 6.42. The molecule has 0 spiro atoms. The summed E-state index contributed by atoms with van der Waals surface area (Å²) in [4.78, 5) is 23.5. The van der Waals surface area contributed by atoms with Gasteiger partial charge in [0.05, 0.1) is 0 Å². The van der Waals surface area contributed by atoms with Crippen LogP contribution in [0.3, 0.4) is 0 Å². The van der Waals surface area contributed by atoms with Crippen LogP contribution in [0.2, 0.25) is 0 Å². The Balaban J connectivity index is 1.67. The Morgan fingerprint density at radius 1 is 1.08 bits per heavy atom. The molecular weight excluding hydrogens is 330 g/mol. The molecule has 0 N–H and O–H groups in total. The molecule has 0 aliphatic heterocycles. The fraction of sp³-hybridized carbons (Fsp3) is 0.895. The van der Waals surface area contributed by atoms with E-state index in [0.29, 0.717) is 18.8 Å². The summed E-state index contributed by atoms with van der Waals surface area (Å²) in [5.74, 6) is -3.76. The van der Waals surface area contributed by atoms with E-state index in [9.17, 15) is 18.4 Å². The van der Waals surface area contributed by atoms with Crippen LogP contribution in [0.1, 0.15) is 65.2 Å². The molecular formula is C19H28F2O4. The first-order valence-corrected chi connectivity index (χ1v) is 9.51. The summed E-state index contributed by atoms with van der Waals surface area (Å²) < 4.78 is 36.1. The normalized spacial score (nSPS) is 36.3. The van der Waals surface area contributed by atoms with Gasteiger partial charge in [0.1, 0.15) is 5.60 Å². The number of hydrogen-bond acceptors (Lipinski definition) is 4. The summed E-state index contributed by atoms with van der Waals surface area (Å²) in [7, 11) is 0. The van der Waals surface area contributed by atoms with E-state index in [1.807, 2.05) is 0 Å². The van der Waals surface area contributed by atoms with Crippen LogP contribution >= 0.6 is 0 Å². The average molecular weight is 358 g/mol. The Labute approximate surface area is 147 Å². The van der Waals surface area contributed by atoms with Crippen LogP contribution in [0.25, 0.3) is 0 Å². The predicted octanol–water partition coefficient (Wildman–Crippen LogP) is 4.11. The molecule has 0 aromatic rings. The fourth-order valence-electron chi connectivity index (χ4n) is 5.55. The van der Waals surface area contributed by atoms with Crippen molar-refractivity contribution in [2.75, 3.05) is 6.61 Å². The highest BCUT2D eigenvalue weighted by Crippen LogP contribution is 2.61. The average Bonchev–Trinajstić information content (AvgIpc) is 2.53. The van der Waals surface area contributed by atoms with Gasteiger partial charge in [-0.2, -0.15) is 8.78 Å². The maximum absolute atomic E-state index is 12.9. The lowest BCUT2D eigenvalue weighted by Gasteiger charge is -2.60. The van der Waals surface area contributed by atoms with Crippen molar-refractivity contribution in [3.63, 3.8) is 0 Å². The van der Waals surface area contributed by atoms with Crippen molar-refractivity contribution < 1.29 is 27.8 Å². The monoisotopic (exact) mass is 358 g/mol. The van der Waals surface area contributed by atoms with Crippen molar-refractivity contribution in [2.24, 2.45) is 23.7 Å². The molecule has 0 unspecified atom stereocenters. The zero-order chi connectivity index (χ0) is 18.2. The van der Waals surface area contributed by atoms with Crippen molar-refractivity contribution in [3.05, 3.63) is 0 Å². The van der Waals surface area contributed by atoms with Crippen LogP contribution < -0.4 is 0 Å². The lowest BCUT2D eigenvalue weighted by Crippen LogP contribution is -2.60. The minimum atomic E-state index is -3.59. The Morgan fingerprint density at radius 3 is 2.12 bits per heavy atom. The van der Waals surface area contributed by atoms with Crippen LogP contribution in [-0.2, 0) is 19.1 Å². The zero-order valence-electron chi connectivity index (χ0n) is 15.1. The number of unbranched alkanes of at least 4 members (excludes halogenated alkanes) is 1. The predicted molar refractivity (Wildman–Crippen MR) is 87.0 cm³/mol. The number of halogens is 2. The Kier molecular flexibility index (Phi) is 5.09. The van der Waals surface area contributed by atoms with E-state index in [4.69, 9.17) is 4.74 Å². The van der Waals surface area contributed by atoms with E-state index in [1.165, 1.54) is 6.42 Å². The molecule has 0 heterocycles. The Bertz CT molecular complexity index is 498. The first-order valence-electron chi connectivity index (χ1n) is 9.51. The van der Waals surface area contributed by atoms with Gasteiger partial charge in [-0.25, -0.2) is 9.59 Å². The molecule has 4 fully saturated rings. The number of alkyl halides is 2. The minimum absolute atomic E-state index is 0.363. The van der Waals surface area contributed by atoms with Crippen LogP contribution in [-0.4, -0.2) is 30.1 Å². The lowest BCUT2D eigenvalue weighted by atomic mass is 9.49. The Hall–Kier alpha value is -1.20. The maximum atomic E-state index is 12.9. The molecule has 6 heteroatoms. The highest BCUT2D eigenvalue weighted by Gasteiger charge is 2.59. The molecule has 0 saturated heterocycles. The van der Waals surface area contributed by atoms with Crippen LogP contribution in [0.5, 0.6) is 0 Å². The summed E-state index contributed by atoms with van der Waals surface area (Å²) in [5, 5.41) is 0. The van der Waals surface area contributed by atoms with E-state index in [1.54, 1.807) is 0 Å². The van der Waals surface area contributed by atoms with Gasteiger partial charge >= 0.3 is 17.9 Å². The molecule has 0 amide bonds. The number of ether oxygens (including phenoxy) is 2. The van der Waals surface area contributed by atoms with E-state index in [0.717, 1.165) is 56.8 Å². The van der Waals surface area contributed by atoms with E-state index < -0.39 is 30.1 Å². The number of esters is 2. The van der Waals surface area contributed by atoms with Crippen molar-refractivity contribution in [2.45, 2.75) is 76.7 Å². The smallest absolute Gasteiger partial charge is 0.377 e. The van der Waals surface area contributed by atoms with Gasteiger partial charge in [-0.1, -0.05) is 13.3 Å². The molecule has 4 aliphatic carbocycles. The first-order chi connectivity index (χ1) is 11.7. The molecule has 0 aromatic carbocycles. The van der Waals surface area contributed by atoms with Gasteiger partial charge in [0.15, 0.2) is 6.61 Å². The number of carbonyl (C=O) groups is 2. The quantitative estimate of drug-likeness (QED) is 0.643. The molecule has 4 bridgehead atoms. The maximum Gasteiger partial charge on any atom is 0.377 e. The highest BCUT2D eigenvalue weighted by atomic mass is 19.3. The molecule has 142 valence electrons. The highest BCUT2D eigenvalue weighted by molar-refractivity contribution is 5.80. The summed E-state index contributed by atoms with van der Waals surface area (Å²) in [6, 6.07) is 0. The van der Waals surface area contributed by atoms with Gasteiger partial charge in [0, 0.05) is 6.92 Å². The second kappa shape index (κ2) is 6.84. The molecule has 0 aromatic heterocycles. The summed E-state index contributed by atoms with van der Waals surface area (Å²) in [6.07, 6.45) is 8.49. The third-order valence-electron chi connectivity index (χ3n) is 6.42. The fourth-order valence-corrected chi connectivity index (χ4v) is 5.55. The second-order valence-corrected chi connectivity index (χ2v) is 8.30. The third kappa shape index (κ3) is 3.68. The molecule has 4 aliphatic rings. The van der Waals surface area contributed by atoms with E-state index in [-0.39, 0.29) is 0 Å². The second-order valence-electron chi connectivity index (χ2n) is 8.30. The van der Waals surface area contributed by atoms with Crippen LogP contribution in [0.4, 0.5) is 8.78 Å². The molecule has 25 heavy (non-hydrogen) atoms. The molecule has 0 radical (unpaired) electrons. The van der Waals surface area contributed by atoms with Crippen molar-refractivity contribution in [1.82, 2.24) is 0 Å². The largest absolute Gasteiger partial charge is 0.456 e. The van der Waals surface area contributed by atoms with Gasteiger partial charge in [-0.05, 0) is 68.6 Å². The molecule has 4 nitrogen and oxygen atoms in total. The SMILES string of the molecule is CCCCC1(OC(=O)COC(=O)C(C)(F)F)C2CC3CC(C2)CC1C3. The number of rotatable bonds is 7.